The smallest absolute Gasteiger partial charge is 0.319 e. The molecule has 100 valence electrons. The fourth-order valence-corrected chi connectivity index (χ4v) is 2.43. The maximum atomic E-state index is 11.7. The van der Waals surface area contributed by atoms with Crippen molar-refractivity contribution in [1.29, 1.82) is 0 Å². The fraction of sp³-hybridized carbons (Fsp3) is 0.500. The van der Waals surface area contributed by atoms with Crippen molar-refractivity contribution < 1.29 is 4.79 Å². The number of aryl methyl sites for hydroxylation is 2. The van der Waals surface area contributed by atoms with Crippen LogP contribution in [0.5, 0.6) is 0 Å². The van der Waals surface area contributed by atoms with Crippen LogP contribution in [0.15, 0.2) is 16.6 Å². The van der Waals surface area contributed by atoms with E-state index in [1.54, 1.807) is 0 Å². The van der Waals surface area contributed by atoms with E-state index in [-0.39, 0.29) is 6.03 Å². The van der Waals surface area contributed by atoms with Crippen LogP contribution in [-0.4, -0.2) is 12.6 Å². The lowest BCUT2D eigenvalue weighted by atomic mass is 10.1. The van der Waals surface area contributed by atoms with E-state index in [1.807, 2.05) is 26.0 Å². The van der Waals surface area contributed by atoms with Crippen LogP contribution in [0, 0.1) is 19.8 Å². The van der Waals surface area contributed by atoms with E-state index in [0.29, 0.717) is 12.5 Å². The summed E-state index contributed by atoms with van der Waals surface area (Å²) in [5, 5.41) is 5.78. The third kappa shape index (κ3) is 4.69. The Kier molecular flexibility index (Phi) is 5.66. The first-order valence-electron chi connectivity index (χ1n) is 6.21. The third-order valence-corrected chi connectivity index (χ3v) is 3.20. The fourth-order valence-electron chi connectivity index (χ4n) is 1.74. The van der Waals surface area contributed by atoms with Gasteiger partial charge in [-0.25, -0.2) is 4.79 Å². The summed E-state index contributed by atoms with van der Waals surface area (Å²) in [6.07, 6.45) is 0.992. The summed E-state index contributed by atoms with van der Waals surface area (Å²) in [6, 6.07) is 3.86. The highest BCUT2D eigenvalue weighted by Gasteiger charge is 2.08. The molecule has 0 saturated carbocycles. The van der Waals surface area contributed by atoms with Crippen LogP contribution in [0.3, 0.4) is 0 Å². The Morgan fingerprint density at radius 2 is 1.83 bits per heavy atom. The van der Waals surface area contributed by atoms with Crippen molar-refractivity contribution in [2.45, 2.75) is 34.1 Å². The Hall–Kier alpha value is -1.03. The normalized spacial score (nSPS) is 10.6. The Labute approximate surface area is 117 Å². The summed E-state index contributed by atoms with van der Waals surface area (Å²) in [6.45, 7) is 8.96. The number of anilines is 1. The van der Waals surface area contributed by atoms with Gasteiger partial charge in [0.15, 0.2) is 0 Å². The molecule has 0 aliphatic rings. The van der Waals surface area contributed by atoms with Gasteiger partial charge in [0.1, 0.15) is 0 Å². The number of nitrogens with one attached hydrogen (secondary N) is 2. The standard InChI is InChI=1S/C14H21BrN2O/c1-9(2)5-6-16-14(18)17-13-10(3)7-12(15)8-11(13)4/h7-9H,5-6H2,1-4H3,(H2,16,17,18). The quantitative estimate of drug-likeness (QED) is 0.858. The van der Waals surface area contributed by atoms with Crippen LogP contribution >= 0.6 is 15.9 Å². The van der Waals surface area contributed by atoms with E-state index in [1.165, 1.54) is 0 Å². The van der Waals surface area contributed by atoms with Gasteiger partial charge in [0.2, 0.25) is 0 Å². The van der Waals surface area contributed by atoms with E-state index >= 15 is 0 Å². The number of amides is 2. The molecule has 0 saturated heterocycles. The molecular weight excluding hydrogens is 292 g/mol. The minimum Gasteiger partial charge on any atom is -0.338 e. The van der Waals surface area contributed by atoms with Gasteiger partial charge in [0.25, 0.3) is 0 Å². The summed E-state index contributed by atoms with van der Waals surface area (Å²) < 4.78 is 1.03. The van der Waals surface area contributed by atoms with Gasteiger partial charge in [-0.1, -0.05) is 29.8 Å². The first kappa shape index (κ1) is 15.0. The average Bonchev–Trinajstić information content (AvgIpc) is 2.22. The lowest BCUT2D eigenvalue weighted by Crippen LogP contribution is -2.30. The predicted octanol–water partition coefficient (Wildman–Crippen LogP) is 4.23. The molecule has 0 unspecified atom stereocenters. The van der Waals surface area contributed by atoms with Crippen molar-refractivity contribution in [3.05, 3.63) is 27.7 Å². The molecule has 0 aliphatic carbocycles. The van der Waals surface area contributed by atoms with E-state index in [9.17, 15) is 4.79 Å². The topological polar surface area (TPSA) is 41.1 Å². The number of rotatable bonds is 4. The monoisotopic (exact) mass is 312 g/mol. The maximum absolute atomic E-state index is 11.7. The molecule has 18 heavy (non-hydrogen) atoms. The molecule has 1 aromatic rings. The Morgan fingerprint density at radius 1 is 1.28 bits per heavy atom. The summed E-state index contributed by atoms with van der Waals surface area (Å²) >= 11 is 3.44. The molecule has 1 aromatic carbocycles. The zero-order valence-electron chi connectivity index (χ0n) is 11.4. The molecule has 0 heterocycles. The molecule has 0 bridgehead atoms. The summed E-state index contributed by atoms with van der Waals surface area (Å²) in [4.78, 5) is 11.7. The number of urea groups is 1. The number of benzene rings is 1. The second-order valence-corrected chi connectivity index (χ2v) is 5.89. The van der Waals surface area contributed by atoms with Crippen LogP contribution in [0.25, 0.3) is 0 Å². The van der Waals surface area contributed by atoms with Gasteiger partial charge in [-0.2, -0.15) is 0 Å². The molecule has 4 heteroatoms. The molecule has 0 radical (unpaired) electrons. The summed E-state index contributed by atoms with van der Waals surface area (Å²) in [5.74, 6) is 0.599. The van der Waals surface area contributed by atoms with Gasteiger partial charge < -0.3 is 10.6 Å². The van der Waals surface area contributed by atoms with Gasteiger partial charge in [-0.3, -0.25) is 0 Å². The first-order chi connectivity index (χ1) is 8.40. The Morgan fingerprint density at radius 3 is 2.33 bits per heavy atom. The van der Waals surface area contributed by atoms with E-state index in [2.05, 4.69) is 40.4 Å². The van der Waals surface area contributed by atoms with Gasteiger partial charge in [-0.15, -0.1) is 0 Å². The predicted molar refractivity (Wildman–Crippen MR) is 80.1 cm³/mol. The van der Waals surface area contributed by atoms with Gasteiger partial charge in [-0.05, 0) is 49.4 Å². The second kappa shape index (κ2) is 6.78. The van der Waals surface area contributed by atoms with Crippen LogP contribution in [0.4, 0.5) is 10.5 Å². The molecular formula is C14H21BrN2O. The highest BCUT2D eigenvalue weighted by Crippen LogP contribution is 2.24. The molecule has 0 aromatic heterocycles. The van der Waals surface area contributed by atoms with Crippen molar-refractivity contribution in [2.75, 3.05) is 11.9 Å². The van der Waals surface area contributed by atoms with Crippen molar-refractivity contribution in [3.8, 4) is 0 Å². The minimum atomic E-state index is -0.135. The number of halogens is 1. The summed E-state index contributed by atoms with van der Waals surface area (Å²) in [5.41, 5.74) is 3.00. The van der Waals surface area contributed by atoms with Crippen LogP contribution < -0.4 is 10.6 Å². The Bertz CT molecular complexity index is 407. The van der Waals surface area contributed by atoms with E-state index < -0.39 is 0 Å². The van der Waals surface area contributed by atoms with Gasteiger partial charge >= 0.3 is 6.03 Å². The van der Waals surface area contributed by atoms with E-state index in [0.717, 1.165) is 27.7 Å². The molecule has 2 amide bonds. The Balaban J connectivity index is 2.59. The van der Waals surface area contributed by atoms with Crippen LogP contribution in [0.2, 0.25) is 0 Å². The number of hydrogen-bond acceptors (Lipinski definition) is 1. The summed E-state index contributed by atoms with van der Waals surface area (Å²) in [7, 11) is 0. The molecule has 3 nitrogen and oxygen atoms in total. The largest absolute Gasteiger partial charge is 0.338 e. The van der Waals surface area contributed by atoms with Crippen molar-refractivity contribution >= 4 is 27.6 Å². The van der Waals surface area contributed by atoms with Gasteiger partial charge in [0, 0.05) is 16.7 Å². The molecule has 0 aliphatic heterocycles. The molecule has 0 atom stereocenters. The lowest BCUT2D eigenvalue weighted by molar-refractivity contribution is 0.251. The van der Waals surface area contributed by atoms with E-state index in [4.69, 9.17) is 0 Å². The molecule has 0 fully saturated rings. The highest BCUT2D eigenvalue weighted by atomic mass is 79.9. The zero-order valence-corrected chi connectivity index (χ0v) is 13.0. The zero-order chi connectivity index (χ0) is 13.7. The first-order valence-corrected chi connectivity index (χ1v) is 7.01. The molecule has 1 rings (SSSR count). The number of carbonyl (C=O) groups is 1. The van der Waals surface area contributed by atoms with Gasteiger partial charge in [0.05, 0.1) is 0 Å². The molecule has 0 spiro atoms. The lowest BCUT2D eigenvalue weighted by Gasteiger charge is -2.13. The van der Waals surface area contributed by atoms with Crippen molar-refractivity contribution in [3.63, 3.8) is 0 Å². The number of carbonyl (C=O) groups excluding carboxylic acids is 1. The average molecular weight is 313 g/mol. The maximum Gasteiger partial charge on any atom is 0.319 e. The molecule has 2 N–H and O–H groups in total. The van der Waals surface area contributed by atoms with Crippen LogP contribution in [0.1, 0.15) is 31.4 Å². The highest BCUT2D eigenvalue weighted by molar-refractivity contribution is 9.10. The van der Waals surface area contributed by atoms with Crippen molar-refractivity contribution in [1.82, 2.24) is 5.32 Å². The SMILES string of the molecule is Cc1cc(Br)cc(C)c1NC(=O)NCCC(C)C. The van der Waals surface area contributed by atoms with Crippen molar-refractivity contribution in [2.24, 2.45) is 5.92 Å². The third-order valence-electron chi connectivity index (χ3n) is 2.74. The second-order valence-electron chi connectivity index (χ2n) is 4.98. The van der Waals surface area contributed by atoms with Crippen LogP contribution in [-0.2, 0) is 0 Å². The number of hydrogen-bond donors (Lipinski definition) is 2. The minimum absolute atomic E-state index is 0.135.